The number of furan rings is 1. The molecule has 0 N–H and O–H groups in total. The number of sulfone groups is 1. The third kappa shape index (κ3) is 4.20. The summed E-state index contributed by atoms with van der Waals surface area (Å²) in [6, 6.07) is 13.8. The van der Waals surface area contributed by atoms with E-state index in [9.17, 15) is 13.2 Å². The molecule has 0 radical (unpaired) electrons. The molecule has 166 valence electrons. The molecule has 0 bridgehead atoms. The molecule has 0 saturated carbocycles. The van der Waals surface area contributed by atoms with Crippen molar-refractivity contribution in [2.75, 3.05) is 4.90 Å². The monoisotopic (exact) mass is 468 g/mol. The van der Waals surface area contributed by atoms with Gasteiger partial charge in [-0.05, 0) is 81.3 Å². The SMILES string of the molecule is Cc1cc2nc(N(Cc3ccco3)C(=O)c3cccc(S(=O)(=O)C(C)C)c3)sc2cc1C. The molecule has 1 amide bonds. The van der Waals surface area contributed by atoms with Gasteiger partial charge in [0.1, 0.15) is 5.76 Å². The smallest absolute Gasteiger partial charge is 0.260 e. The quantitative estimate of drug-likeness (QED) is 0.371. The van der Waals surface area contributed by atoms with Crippen molar-refractivity contribution in [3.8, 4) is 0 Å². The zero-order valence-corrected chi connectivity index (χ0v) is 20.0. The summed E-state index contributed by atoms with van der Waals surface area (Å²) in [6.45, 7) is 7.50. The van der Waals surface area contributed by atoms with Crippen molar-refractivity contribution in [1.29, 1.82) is 0 Å². The number of carbonyl (C=O) groups excluding carboxylic acids is 1. The Kier molecular flexibility index (Phi) is 5.92. The van der Waals surface area contributed by atoms with Crippen LogP contribution in [0.3, 0.4) is 0 Å². The van der Waals surface area contributed by atoms with Gasteiger partial charge in [-0.2, -0.15) is 0 Å². The Morgan fingerprint density at radius 3 is 2.53 bits per heavy atom. The second-order valence-electron chi connectivity index (χ2n) is 7.99. The molecule has 0 spiro atoms. The number of rotatable bonds is 6. The Balaban J connectivity index is 1.79. The van der Waals surface area contributed by atoms with Crippen LogP contribution in [0.25, 0.3) is 10.2 Å². The van der Waals surface area contributed by atoms with Gasteiger partial charge in [-0.15, -0.1) is 0 Å². The molecule has 0 aliphatic rings. The highest BCUT2D eigenvalue weighted by Gasteiger charge is 2.25. The third-order valence-corrected chi connectivity index (χ3v) is 8.59. The van der Waals surface area contributed by atoms with Crippen LogP contribution in [0.1, 0.15) is 41.1 Å². The summed E-state index contributed by atoms with van der Waals surface area (Å²) >= 11 is 1.42. The predicted octanol–water partition coefficient (Wildman–Crippen LogP) is 5.54. The highest BCUT2D eigenvalue weighted by molar-refractivity contribution is 7.92. The maximum absolute atomic E-state index is 13.6. The molecule has 0 saturated heterocycles. The average Bonchev–Trinajstić information content (AvgIpc) is 3.41. The Bertz CT molecular complexity index is 1350. The maximum atomic E-state index is 13.6. The molecular weight excluding hydrogens is 444 g/mol. The van der Waals surface area contributed by atoms with E-state index in [4.69, 9.17) is 9.40 Å². The van der Waals surface area contributed by atoms with E-state index in [0.29, 0.717) is 10.9 Å². The zero-order valence-electron chi connectivity index (χ0n) is 18.3. The van der Waals surface area contributed by atoms with Crippen LogP contribution >= 0.6 is 11.3 Å². The van der Waals surface area contributed by atoms with Gasteiger partial charge in [0.05, 0.1) is 33.2 Å². The fourth-order valence-electron chi connectivity index (χ4n) is 3.30. The Morgan fingerprint density at radius 1 is 1.09 bits per heavy atom. The van der Waals surface area contributed by atoms with Crippen LogP contribution in [0.15, 0.2) is 64.1 Å². The number of anilines is 1. The summed E-state index contributed by atoms with van der Waals surface area (Å²) in [5.41, 5.74) is 3.39. The highest BCUT2D eigenvalue weighted by Crippen LogP contribution is 2.33. The van der Waals surface area contributed by atoms with Crippen LogP contribution in [0, 0.1) is 13.8 Å². The zero-order chi connectivity index (χ0) is 23.0. The lowest BCUT2D eigenvalue weighted by atomic mass is 10.1. The summed E-state index contributed by atoms with van der Waals surface area (Å²) in [5.74, 6) is 0.269. The third-order valence-electron chi connectivity index (χ3n) is 5.39. The van der Waals surface area contributed by atoms with Crippen molar-refractivity contribution in [2.45, 2.75) is 44.4 Å². The van der Waals surface area contributed by atoms with Gasteiger partial charge in [-0.25, -0.2) is 13.4 Å². The van der Waals surface area contributed by atoms with Gasteiger partial charge >= 0.3 is 0 Å². The molecule has 0 aliphatic heterocycles. The number of hydrogen-bond donors (Lipinski definition) is 0. The van der Waals surface area contributed by atoms with Gasteiger partial charge in [0.2, 0.25) is 0 Å². The standard InChI is InChI=1S/C24H24N2O4S2/c1-15(2)32(28,29)20-9-5-7-18(13-20)23(27)26(14-19-8-6-10-30-19)24-25-21-11-16(3)17(4)12-22(21)31-24/h5-13,15H,14H2,1-4H3. The van der Waals surface area contributed by atoms with Gasteiger partial charge in [-0.1, -0.05) is 17.4 Å². The first-order valence-corrected chi connectivity index (χ1v) is 12.6. The highest BCUT2D eigenvalue weighted by atomic mass is 32.2. The van der Waals surface area contributed by atoms with Crippen LogP contribution < -0.4 is 4.90 Å². The van der Waals surface area contributed by atoms with E-state index in [1.165, 1.54) is 28.4 Å². The summed E-state index contributed by atoms with van der Waals surface area (Å²) in [5, 5.41) is -0.0497. The van der Waals surface area contributed by atoms with Crippen molar-refractivity contribution in [2.24, 2.45) is 0 Å². The summed E-state index contributed by atoms with van der Waals surface area (Å²) in [6.07, 6.45) is 1.55. The second kappa shape index (κ2) is 8.52. The lowest BCUT2D eigenvalue weighted by molar-refractivity contribution is 0.0983. The first-order chi connectivity index (χ1) is 15.2. The van der Waals surface area contributed by atoms with Crippen LogP contribution in [0.2, 0.25) is 0 Å². The Morgan fingerprint density at radius 2 is 1.84 bits per heavy atom. The molecule has 0 unspecified atom stereocenters. The van der Waals surface area contributed by atoms with Crippen molar-refractivity contribution in [1.82, 2.24) is 4.98 Å². The number of nitrogens with zero attached hydrogens (tertiary/aromatic N) is 2. The molecule has 2 aromatic heterocycles. The van der Waals surface area contributed by atoms with Crippen LogP contribution in [0.5, 0.6) is 0 Å². The van der Waals surface area contributed by atoms with Gasteiger partial charge < -0.3 is 4.42 Å². The van der Waals surface area contributed by atoms with Crippen molar-refractivity contribution in [3.05, 3.63) is 77.2 Å². The largest absolute Gasteiger partial charge is 0.467 e. The number of carbonyl (C=O) groups is 1. The Labute approximate surface area is 191 Å². The van der Waals surface area contributed by atoms with Gasteiger partial charge in [0.25, 0.3) is 5.91 Å². The van der Waals surface area contributed by atoms with E-state index in [-0.39, 0.29) is 22.9 Å². The van der Waals surface area contributed by atoms with Crippen LogP contribution in [0.4, 0.5) is 5.13 Å². The number of hydrogen-bond acceptors (Lipinski definition) is 6. The first-order valence-electron chi connectivity index (χ1n) is 10.2. The predicted molar refractivity (Wildman–Crippen MR) is 127 cm³/mol. The number of aromatic nitrogens is 1. The molecule has 0 fully saturated rings. The summed E-state index contributed by atoms with van der Waals surface area (Å²) in [4.78, 5) is 20.0. The minimum absolute atomic E-state index is 0.131. The molecule has 32 heavy (non-hydrogen) atoms. The Hall–Kier alpha value is -2.97. The number of benzene rings is 2. The maximum Gasteiger partial charge on any atom is 0.260 e. The van der Waals surface area contributed by atoms with Gasteiger partial charge in [0.15, 0.2) is 15.0 Å². The minimum atomic E-state index is -3.51. The molecule has 2 heterocycles. The number of amides is 1. The normalized spacial score (nSPS) is 11.9. The molecule has 4 aromatic rings. The van der Waals surface area contributed by atoms with Crippen LogP contribution in [-0.4, -0.2) is 24.6 Å². The van der Waals surface area contributed by atoms with E-state index in [1.54, 1.807) is 44.4 Å². The van der Waals surface area contributed by atoms with Crippen molar-refractivity contribution >= 4 is 42.4 Å². The fourth-order valence-corrected chi connectivity index (χ4v) is 5.45. The second-order valence-corrected chi connectivity index (χ2v) is 11.5. The number of aryl methyl sites for hydroxylation is 2. The number of fused-ring (bicyclic) bond motifs is 1. The summed E-state index contributed by atoms with van der Waals surface area (Å²) in [7, 11) is -3.51. The lowest BCUT2D eigenvalue weighted by Crippen LogP contribution is -2.30. The van der Waals surface area contributed by atoms with E-state index < -0.39 is 15.1 Å². The van der Waals surface area contributed by atoms with Crippen LogP contribution in [-0.2, 0) is 16.4 Å². The minimum Gasteiger partial charge on any atom is -0.467 e. The molecule has 2 aromatic carbocycles. The van der Waals surface area contributed by atoms with E-state index in [1.807, 2.05) is 19.9 Å². The van der Waals surface area contributed by atoms with Crippen molar-refractivity contribution in [3.63, 3.8) is 0 Å². The number of thiazole rings is 1. The molecule has 8 heteroatoms. The van der Waals surface area contributed by atoms with Crippen molar-refractivity contribution < 1.29 is 17.6 Å². The fraction of sp³-hybridized carbons (Fsp3) is 0.250. The first kappa shape index (κ1) is 22.2. The molecule has 6 nitrogen and oxygen atoms in total. The van der Waals surface area contributed by atoms with Gasteiger partial charge in [0, 0.05) is 5.56 Å². The molecule has 0 atom stereocenters. The lowest BCUT2D eigenvalue weighted by Gasteiger charge is -2.19. The molecule has 4 rings (SSSR count). The summed E-state index contributed by atoms with van der Waals surface area (Å²) < 4.78 is 31.7. The molecule has 0 aliphatic carbocycles. The topological polar surface area (TPSA) is 80.5 Å². The average molecular weight is 469 g/mol. The van der Waals surface area contributed by atoms with E-state index >= 15 is 0 Å². The van der Waals surface area contributed by atoms with E-state index in [2.05, 4.69) is 6.07 Å². The van der Waals surface area contributed by atoms with E-state index in [0.717, 1.165) is 21.3 Å². The van der Waals surface area contributed by atoms with Gasteiger partial charge in [-0.3, -0.25) is 9.69 Å². The molecular formula is C24H24N2O4S2.